The van der Waals surface area contributed by atoms with E-state index in [4.69, 9.17) is 4.74 Å². The number of aliphatic hydroxyl groups is 2. The summed E-state index contributed by atoms with van der Waals surface area (Å²) in [5.41, 5.74) is 0. The third-order valence-electron chi connectivity index (χ3n) is 16.5. The molecule has 0 radical (unpaired) electrons. The van der Waals surface area contributed by atoms with E-state index in [1.165, 1.54) is 315 Å². The van der Waals surface area contributed by atoms with E-state index in [2.05, 4.69) is 43.5 Å². The minimum Gasteiger partial charge on any atom is -0.466 e. The molecule has 0 heterocycles. The van der Waals surface area contributed by atoms with Gasteiger partial charge in [-0.25, -0.2) is 0 Å². The zero-order valence-corrected chi connectivity index (χ0v) is 52.2. The molecule has 0 rings (SSSR count). The largest absolute Gasteiger partial charge is 0.466 e. The molecule has 2 atom stereocenters. The minimum absolute atomic E-state index is 0.00594. The molecule has 456 valence electrons. The van der Waals surface area contributed by atoms with Gasteiger partial charge in [0.15, 0.2) is 0 Å². The van der Waals surface area contributed by atoms with E-state index < -0.39 is 12.1 Å². The number of rotatable bonds is 66. The number of hydrogen-bond donors (Lipinski definition) is 3. The Morgan fingerprint density at radius 2 is 0.623 bits per heavy atom. The second kappa shape index (κ2) is 66.8. The summed E-state index contributed by atoms with van der Waals surface area (Å²) in [5, 5.41) is 23.4. The molecule has 0 aliphatic rings. The van der Waals surface area contributed by atoms with Crippen LogP contribution in [0.25, 0.3) is 0 Å². The second-order valence-corrected chi connectivity index (χ2v) is 24.2. The third-order valence-corrected chi connectivity index (χ3v) is 16.5. The van der Waals surface area contributed by atoms with Crippen LogP contribution in [0, 0.1) is 0 Å². The van der Waals surface area contributed by atoms with Gasteiger partial charge in [-0.2, -0.15) is 0 Å². The number of ether oxygens (including phenoxy) is 1. The Morgan fingerprint density at radius 1 is 0.351 bits per heavy atom. The van der Waals surface area contributed by atoms with Crippen molar-refractivity contribution in [2.45, 2.75) is 405 Å². The molecule has 0 fully saturated rings. The number of aliphatic hydroxyl groups excluding tert-OH is 2. The van der Waals surface area contributed by atoms with Crippen LogP contribution in [0.2, 0.25) is 0 Å². The fourth-order valence-corrected chi connectivity index (χ4v) is 11.1. The highest BCUT2D eigenvalue weighted by molar-refractivity contribution is 5.76. The van der Waals surface area contributed by atoms with Crippen molar-refractivity contribution in [3.63, 3.8) is 0 Å². The Bertz CT molecular complexity index is 1200. The standard InChI is InChI=1S/C71H137NO5/c1-3-5-7-9-11-13-15-16-17-18-19-31-34-37-40-44-47-51-55-59-63-69(74)68(67-73)72-70(75)64-60-56-52-48-45-41-38-35-32-29-27-25-23-21-20-22-24-26-28-30-33-36-39-42-46-50-54-58-62-66-77-71(76)65-61-57-53-49-43-14-12-10-8-6-4-2/h10,12,20,22,68-69,73-74H,3-9,11,13-19,21,23-67H2,1-2H3,(H,72,75)/b12-10-,22-20-. The Hall–Kier alpha value is -1.66. The van der Waals surface area contributed by atoms with Crippen molar-refractivity contribution >= 4 is 11.9 Å². The summed E-state index contributed by atoms with van der Waals surface area (Å²) < 4.78 is 5.46. The highest BCUT2D eigenvalue weighted by Gasteiger charge is 2.20. The molecule has 0 aliphatic heterocycles. The smallest absolute Gasteiger partial charge is 0.305 e. The third kappa shape index (κ3) is 63.4. The quantitative estimate of drug-likeness (QED) is 0.0320. The number of unbranched alkanes of at least 4 members (excludes halogenated alkanes) is 51. The normalized spacial score (nSPS) is 12.6. The molecule has 0 saturated heterocycles. The molecule has 0 aromatic heterocycles. The van der Waals surface area contributed by atoms with Crippen LogP contribution in [0.3, 0.4) is 0 Å². The van der Waals surface area contributed by atoms with Crippen LogP contribution in [0.15, 0.2) is 24.3 Å². The topological polar surface area (TPSA) is 95.9 Å². The minimum atomic E-state index is -0.664. The van der Waals surface area contributed by atoms with Crippen molar-refractivity contribution in [2.75, 3.05) is 13.2 Å². The number of nitrogens with one attached hydrogen (secondary N) is 1. The molecule has 2 unspecified atom stereocenters. The molecule has 77 heavy (non-hydrogen) atoms. The number of esters is 1. The maximum absolute atomic E-state index is 12.5. The Balaban J connectivity index is 3.38. The van der Waals surface area contributed by atoms with Crippen molar-refractivity contribution in [1.29, 1.82) is 0 Å². The van der Waals surface area contributed by atoms with E-state index in [1.807, 2.05) is 0 Å². The van der Waals surface area contributed by atoms with Crippen molar-refractivity contribution in [1.82, 2.24) is 5.32 Å². The molecule has 1 amide bonds. The van der Waals surface area contributed by atoms with Crippen molar-refractivity contribution in [3.8, 4) is 0 Å². The number of hydrogen-bond acceptors (Lipinski definition) is 5. The van der Waals surface area contributed by atoms with E-state index in [0.717, 1.165) is 44.9 Å². The lowest BCUT2D eigenvalue weighted by atomic mass is 10.0. The number of allylic oxidation sites excluding steroid dienone is 4. The highest BCUT2D eigenvalue weighted by atomic mass is 16.5. The zero-order chi connectivity index (χ0) is 55.7. The molecule has 0 aliphatic carbocycles. The van der Waals surface area contributed by atoms with Gasteiger partial charge in [-0.05, 0) is 70.6 Å². The lowest BCUT2D eigenvalue weighted by molar-refractivity contribution is -0.143. The van der Waals surface area contributed by atoms with Crippen molar-refractivity contribution in [3.05, 3.63) is 24.3 Å². The molecule has 3 N–H and O–H groups in total. The summed E-state index contributed by atoms with van der Waals surface area (Å²) >= 11 is 0. The van der Waals surface area contributed by atoms with Crippen LogP contribution in [0.1, 0.15) is 393 Å². The molecule has 0 aromatic carbocycles. The molecule has 6 heteroatoms. The summed E-state index contributed by atoms with van der Waals surface area (Å²) in [6.45, 7) is 4.95. The Kier molecular flexibility index (Phi) is 65.4. The molecular formula is C71H137NO5. The van der Waals surface area contributed by atoms with E-state index in [0.29, 0.717) is 25.9 Å². The van der Waals surface area contributed by atoms with E-state index >= 15 is 0 Å². The summed E-state index contributed by atoms with van der Waals surface area (Å²) in [7, 11) is 0. The van der Waals surface area contributed by atoms with Crippen LogP contribution < -0.4 is 5.32 Å². The van der Waals surface area contributed by atoms with Gasteiger partial charge in [-0.15, -0.1) is 0 Å². The van der Waals surface area contributed by atoms with Crippen molar-refractivity contribution in [2.24, 2.45) is 0 Å². The maximum Gasteiger partial charge on any atom is 0.305 e. The van der Waals surface area contributed by atoms with Gasteiger partial charge >= 0.3 is 5.97 Å². The molecule has 0 spiro atoms. The van der Waals surface area contributed by atoms with Crippen LogP contribution in [-0.4, -0.2) is 47.4 Å². The first-order chi connectivity index (χ1) is 38.0. The Labute approximate surface area is 481 Å². The van der Waals surface area contributed by atoms with E-state index in [9.17, 15) is 19.8 Å². The predicted octanol–water partition coefficient (Wildman–Crippen LogP) is 22.5. The maximum atomic E-state index is 12.5. The number of carbonyl (C=O) groups excluding carboxylic acids is 2. The van der Waals surface area contributed by atoms with Gasteiger partial charge in [-0.1, -0.05) is 334 Å². The zero-order valence-electron chi connectivity index (χ0n) is 52.2. The van der Waals surface area contributed by atoms with Crippen LogP contribution >= 0.6 is 0 Å². The first-order valence-electron chi connectivity index (χ1n) is 35.1. The average molecular weight is 1080 g/mol. The van der Waals surface area contributed by atoms with Gasteiger partial charge in [0.25, 0.3) is 0 Å². The monoisotopic (exact) mass is 1080 g/mol. The van der Waals surface area contributed by atoms with Gasteiger partial charge < -0.3 is 20.3 Å². The second-order valence-electron chi connectivity index (χ2n) is 24.2. The van der Waals surface area contributed by atoms with Crippen LogP contribution in [0.5, 0.6) is 0 Å². The molecule has 0 aromatic rings. The van der Waals surface area contributed by atoms with Gasteiger partial charge in [0.2, 0.25) is 5.91 Å². The van der Waals surface area contributed by atoms with E-state index in [-0.39, 0.29) is 18.5 Å². The fourth-order valence-electron chi connectivity index (χ4n) is 11.1. The van der Waals surface area contributed by atoms with Crippen LogP contribution in [0.4, 0.5) is 0 Å². The number of carbonyl (C=O) groups is 2. The summed E-state index contributed by atoms with van der Waals surface area (Å²) in [5.74, 6) is -0.0240. The predicted molar refractivity (Wildman–Crippen MR) is 338 cm³/mol. The van der Waals surface area contributed by atoms with Gasteiger partial charge in [0, 0.05) is 12.8 Å². The van der Waals surface area contributed by atoms with Gasteiger partial charge in [0.1, 0.15) is 0 Å². The molecule has 0 bridgehead atoms. The number of amides is 1. The highest BCUT2D eigenvalue weighted by Crippen LogP contribution is 2.19. The lowest BCUT2D eigenvalue weighted by Crippen LogP contribution is -2.45. The molecular weight excluding hydrogens is 947 g/mol. The van der Waals surface area contributed by atoms with E-state index in [1.54, 1.807) is 0 Å². The first-order valence-corrected chi connectivity index (χ1v) is 35.1. The summed E-state index contributed by atoms with van der Waals surface area (Å²) in [6.07, 6.45) is 83.7. The van der Waals surface area contributed by atoms with Gasteiger partial charge in [-0.3, -0.25) is 9.59 Å². The van der Waals surface area contributed by atoms with Crippen LogP contribution in [-0.2, 0) is 14.3 Å². The lowest BCUT2D eigenvalue weighted by Gasteiger charge is -2.22. The fraction of sp³-hybridized carbons (Fsp3) is 0.915. The summed E-state index contributed by atoms with van der Waals surface area (Å²) in [4.78, 5) is 24.5. The molecule has 6 nitrogen and oxygen atoms in total. The summed E-state index contributed by atoms with van der Waals surface area (Å²) in [6, 6.07) is -0.541. The van der Waals surface area contributed by atoms with Gasteiger partial charge in [0.05, 0.1) is 25.4 Å². The molecule has 0 saturated carbocycles. The SMILES string of the molecule is CCCC/C=C\CCCCCCCC(=O)OCCCCCCCCCCCCCC/C=C\CCCCCCCCCCCCCCCC(=O)NC(CO)C(O)CCCCCCCCCCCCCCCCCCCCCC. The average Bonchev–Trinajstić information content (AvgIpc) is 3.43. The Morgan fingerprint density at radius 3 is 0.961 bits per heavy atom. The first kappa shape index (κ1) is 75.3. The van der Waals surface area contributed by atoms with Crippen molar-refractivity contribution < 1.29 is 24.5 Å².